The van der Waals surface area contributed by atoms with Crippen LogP contribution in [0.15, 0.2) is 67.0 Å². The summed E-state index contributed by atoms with van der Waals surface area (Å²) in [5.41, 5.74) is 3.62. The Balaban J connectivity index is 1.52. The second-order valence-electron chi connectivity index (χ2n) is 5.77. The Bertz CT molecular complexity index is 815. The van der Waals surface area contributed by atoms with Crippen LogP contribution in [0.1, 0.15) is 21.6 Å². The standard InChI is InChI=1S/C20H20N4O/c1-15-7-9-17(10-8-15)24-19-14-22-18(13-23-19)20(25)21-12-11-16-5-3-2-4-6-16/h2-10,13-14H,11-12H2,1H3,(H,21,25)(H,23,24). The number of amides is 1. The molecule has 0 atom stereocenters. The zero-order chi connectivity index (χ0) is 17.5. The van der Waals surface area contributed by atoms with E-state index in [1.807, 2.05) is 61.5 Å². The normalized spacial score (nSPS) is 10.3. The summed E-state index contributed by atoms with van der Waals surface area (Å²) in [4.78, 5) is 20.5. The number of carbonyl (C=O) groups excluding carboxylic acids is 1. The lowest BCUT2D eigenvalue weighted by Crippen LogP contribution is -2.26. The van der Waals surface area contributed by atoms with Gasteiger partial charge in [0.05, 0.1) is 12.4 Å². The van der Waals surface area contributed by atoms with Gasteiger partial charge in [-0.05, 0) is 31.0 Å². The number of rotatable bonds is 6. The minimum absolute atomic E-state index is 0.217. The molecule has 0 aliphatic heterocycles. The monoisotopic (exact) mass is 332 g/mol. The van der Waals surface area contributed by atoms with E-state index in [0.29, 0.717) is 18.1 Å². The van der Waals surface area contributed by atoms with E-state index >= 15 is 0 Å². The van der Waals surface area contributed by atoms with E-state index in [9.17, 15) is 4.79 Å². The third kappa shape index (κ3) is 4.88. The first-order valence-corrected chi connectivity index (χ1v) is 8.18. The molecule has 0 spiro atoms. The summed E-state index contributed by atoms with van der Waals surface area (Å²) in [5, 5.41) is 6.02. The van der Waals surface area contributed by atoms with Crippen LogP contribution in [0.25, 0.3) is 0 Å². The molecule has 0 aliphatic rings. The quantitative estimate of drug-likeness (QED) is 0.725. The van der Waals surface area contributed by atoms with Crippen LogP contribution >= 0.6 is 0 Å². The van der Waals surface area contributed by atoms with Crippen molar-refractivity contribution in [2.24, 2.45) is 0 Å². The van der Waals surface area contributed by atoms with Gasteiger partial charge < -0.3 is 10.6 Å². The predicted molar refractivity (Wildman–Crippen MR) is 99.0 cm³/mol. The van der Waals surface area contributed by atoms with Gasteiger partial charge in [-0.25, -0.2) is 9.97 Å². The lowest BCUT2D eigenvalue weighted by molar-refractivity contribution is 0.0949. The van der Waals surface area contributed by atoms with Crippen LogP contribution in [0, 0.1) is 6.92 Å². The van der Waals surface area contributed by atoms with Gasteiger partial charge in [0.15, 0.2) is 0 Å². The highest BCUT2D eigenvalue weighted by atomic mass is 16.1. The zero-order valence-electron chi connectivity index (χ0n) is 14.1. The number of carbonyl (C=O) groups is 1. The smallest absolute Gasteiger partial charge is 0.271 e. The van der Waals surface area contributed by atoms with Crippen LogP contribution in [0.2, 0.25) is 0 Å². The molecular weight excluding hydrogens is 312 g/mol. The zero-order valence-corrected chi connectivity index (χ0v) is 14.1. The van der Waals surface area contributed by atoms with Crippen molar-refractivity contribution >= 4 is 17.4 Å². The molecular formula is C20H20N4O. The summed E-state index contributed by atoms with van der Waals surface area (Å²) in [6.07, 6.45) is 3.83. The molecule has 0 aliphatic carbocycles. The summed E-state index contributed by atoms with van der Waals surface area (Å²) in [6.45, 7) is 2.60. The van der Waals surface area contributed by atoms with Gasteiger partial charge in [-0.2, -0.15) is 0 Å². The molecule has 1 heterocycles. The maximum atomic E-state index is 12.1. The van der Waals surface area contributed by atoms with Crippen LogP contribution in [-0.2, 0) is 6.42 Å². The molecule has 3 aromatic rings. The number of aromatic nitrogens is 2. The molecule has 0 bridgehead atoms. The van der Waals surface area contributed by atoms with Gasteiger partial charge in [-0.1, -0.05) is 48.0 Å². The van der Waals surface area contributed by atoms with E-state index in [0.717, 1.165) is 12.1 Å². The molecule has 126 valence electrons. The molecule has 25 heavy (non-hydrogen) atoms. The van der Waals surface area contributed by atoms with Crippen LogP contribution < -0.4 is 10.6 Å². The highest BCUT2D eigenvalue weighted by molar-refractivity contribution is 5.92. The number of benzene rings is 2. The molecule has 5 nitrogen and oxygen atoms in total. The van der Waals surface area contributed by atoms with Crippen molar-refractivity contribution in [3.8, 4) is 0 Å². The van der Waals surface area contributed by atoms with Gasteiger partial charge in [0.25, 0.3) is 5.91 Å². The summed E-state index contributed by atoms with van der Waals surface area (Å²) < 4.78 is 0. The average molecular weight is 332 g/mol. The number of anilines is 2. The van der Waals surface area contributed by atoms with E-state index in [2.05, 4.69) is 20.6 Å². The first-order chi connectivity index (χ1) is 12.2. The molecule has 0 unspecified atom stereocenters. The van der Waals surface area contributed by atoms with Gasteiger partial charge in [-0.3, -0.25) is 4.79 Å². The molecule has 3 rings (SSSR count). The maximum Gasteiger partial charge on any atom is 0.271 e. The minimum atomic E-state index is -0.217. The van der Waals surface area contributed by atoms with Crippen molar-refractivity contribution in [3.05, 3.63) is 83.8 Å². The molecule has 0 saturated heterocycles. The fourth-order valence-corrected chi connectivity index (χ4v) is 2.35. The van der Waals surface area contributed by atoms with E-state index in [-0.39, 0.29) is 5.91 Å². The van der Waals surface area contributed by atoms with Crippen molar-refractivity contribution in [3.63, 3.8) is 0 Å². The van der Waals surface area contributed by atoms with E-state index in [1.54, 1.807) is 6.20 Å². The molecule has 5 heteroatoms. The second kappa shape index (κ2) is 8.06. The van der Waals surface area contributed by atoms with Crippen LogP contribution in [0.5, 0.6) is 0 Å². The fourth-order valence-electron chi connectivity index (χ4n) is 2.35. The number of hydrogen-bond donors (Lipinski definition) is 2. The minimum Gasteiger partial charge on any atom is -0.350 e. The van der Waals surface area contributed by atoms with Crippen molar-refractivity contribution in [1.29, 1.82) is 0 Å². The van der Waals surface area contributed by atoms with Gasteiger partial charge >= 0.3 is 0 Å². The van der Waals surface area contributed by atoms with Crippen molar-refractivity contribution in [2.45, 2.75) is 13.3 Å². The van der Waals surface area contributed by atoms with Crippen LogP contribution in [0.4, 0.5) is 11.5 Å². The first-order valence-electron chi connectivity index (χ1n) is 8.18. The summed E-state index contributed by atoms with van der Waals surface area (Å²) in [5.74, 6) is 0.384. The Kier molecular flexibility index (Phi) is 5.36. The number of nitrogens with one attached hydrogen (secondary N) is 2. The first kappa shape index (κ1) is 16.6. The Labute approximate surface area is 147 Å². The number of aryl methyl sites for hydroxylation is 1. The molecule has 0 radical (unpaired) electrons. The Hall–Kier alpha value is -3.21. The number of nitrogens with zero attached hydrogens (tertiary/aromatic N) is 2. The van der Waals surface area contributed by atoms with E-state index < -0.39 is 0 Å². The third-order valence-electron chi connectivity index (χ3n) is 3.75. The lowest BCUT2D eigenvalue weighted by atomic mass is 10.1. The fraction of sp³-hybridized carbons (Fsp3) is 0.150. The van der Waals surface area contributed by atoms with Crippen LogP contribution in [0.3, 0.4) is 0 Å². The summed E-state index contributed by atoms with van der Waals surface area (Å²) in [6, 6.07) is 18.0. The number of hydrogen-bond acceptors (Lipinski definition) is 4. The molecule has 2 N–H and O–H groups in total. The lowest BCUT2D eigenvalue weighted by Gasteiger charge is -2.07. The Morgan fingerprint density at radius 1 is 0.960 bits per heavy atom. The van der Waals surface area contributed by atoms with E-state index in [4.69, 9.17) is 0 Å². The van der Waals surface area contributed by atoms with Crippen molar-refractivity contribution in [2.75, 3.05) is 11.9 Å². The Morgan fingerprint density at radius 2 is 1.72 bits per heavy atom. The molecule has 0 fully saturated rings. The predicted octanol–water partition coefficient (Wildman–Crippen LogP) is 3.50. The highest BCUT2D eigenvalue weighted by Gasteiger charge is 2.07. The van der Waals surface area contributed by atoms with E-state index in [1.165, 1.54) is 17.3 Å². The molecule has 2 aromatic carbocycles. The van der Waals surface area contributed by atoms with Gasteiger partial charge in [-0.15, -0.1) is 0 Å². The highest BCUT2D eigenvalue weighted by Crippen LogP contribution is 2.14. The van der Waals surface area contributed by atoms with Gasteiger partial charge in [0.1, 0.15) is 11.5 Å². The average Bonchev–Trinajstić information content (AvgIpc) is 2.65. The Morgan fingerprint density at radius 3 is 2.40 bits per heavy atom. The molecule has 1 aromatic heterocycles. The molecule has 1 amide bonds. The van der Waals surface area contributed by atoms with Gasteiger partial charge in [0, 0.05) is 12.2 Å². The maximum absolute atomic E-state index is 12.1. The van der Waals surface area contributed by atoms with Gasteiger partial charge in [0.2, 0.25) is 0 Å². The van der Waals surface area contributed by atoms with Crippen LogP contribution in [-0.4, -0.2) is 22.4 Å². The SMILES string of the molecule is Cc1ccc(Nc2cnc(C(=O)NCCc3ccccc3)cn2)cc1. The summed E-state index contributed by atoms with van der Waals surface area (Å²) in [7, 11) is 0. The second-order valence-corrected chi connectivity index (χ2v) is 5.77. The third-order valence-corrected chi connectivity index (χ3v) is 3.75. The van der Waals surface area contributed by atoms with Crippen molar-refractivity contribution in [1.82, 2.24) is 15.3 Å². The topological polar surface area (TPSA) is 66.9 Å². The molecule has 0 saturated carbocycles. The van der Waals surface area contributed by atoms with Crippen molar-refractivity contribution < 1.29 is 4.79 Å². The largest absolute Gasteiger partial charge is 0.350 e. The summed E-state index contributed by atoms with van der Waals surface area (Å²) >= 11 is 0.